The van der Waals surface area contributed by atoms with E-state index in [-0.39, 0.29) is 18.1 Å². The van der Waals surface area contributed by atoms with Crippen LogP contribution in [0.25, 0.3) is 0 Å². The molecule has 0 aromatic heterocycles. The van der Waals surface area contributed by atoms with Crippen LogP contribution in [0.4, 0.5) is 0 Å². The summed E-state index contributed by atoms with van der Waals surface area (Å²) in [6, 6.07) is 5.85. The van der Waals surface area contributed by atoms with E-state index in [9.17, 15) is 4.79 Å². The van der Waals surface area contributed by atoms with E-state index in [1.54, 1.807) is 0 Å². The van der Waals surface area contributed by atoms with E-state index >= 15 is 0 Å². The molecule has 0 aliphatic carbocycles. The Morgan fingerprint density at radius 3 is 2.44 bits per heavy atom. The van der Waals surface area contributed by atoms with Crippen LogP contribution in [0, 0.1) is 13.8 Å². The quantitative estimate of drug-likeness (QED) is 0.786. The number of carbonyl (C=O) groups excluding carboxylic acids is 1. The van der Waals surface area contributed by atoms with E-state index in [0.717, 1.165) is 27.8 Å². The fourth-order valence-corrected chi connectivity index (χ4v) is 2.33. The number of aryl methyl sites for hydroxylation is 2. The van der Waals surface area contributed by atoms with Crippen molar-refractivity contribution in [3.63, 3.8) is 0 Å². The van der Waals surface area contributed by atoms with Crippen LogP contribution in [-0.4, -0.2) is 28.0 Å². The molecule has 0 saturated heterocycles. The van der Waals surface area contributed by atoms with Crippen molar-refractivity contribution < 1.29 is 15.0 Å². The Morgan fingerprint density at radius 2 is 1.94 bits per heavy atom. The first kappa shape index (κ1) is 13.2. The molecule has 0 spiro atoms. The highest BCUT2D eigenvalue weighted by Gasteiger charge is 2.13. The van der Waals surface area contributed by atoms with Crippen molar-refractivity contribution in [2.45, 2.75) is 31.3 Å². The van der Waals surface area contributed by atoms with Gasteiger partial charge >= 0.3 is 0 Å². The van der Waals surface area contributed by atoms with Crippen molar-refractivity contribution in [1.82, 2.24) is 0 Å². The number of hydrogen-bond donors (Lipinski definition) is 2. The Morgan fingerprint density at radius 1 is 1.38 bits per heavy atom. The van der Waals surface area contributed by atoms with Gasteiger partial charge in [0.25, 0.3) is 0 Å². The summed E-state index contributed by atoms with van der Waals surface area (Å²) in [6.07, 6.45) is -0.973. The third-order valence-corrected chi connectivity index (χ3v) is 3.48. The lowest BCUT2D eigenvalue weighted by atomic mass is 10.2. The molecule has 0 aliphatic rings. The molecule has 0 bridgehead atoms. The van der Waals surface area contributed by atoms with E-state index in [4.69, 9.17) is 10.2 Å². The number of rotatable bonds is 4. The van der Waals surface area contributed by atoms with Crippen LogP contribution < -0.4 is 0 Å². The predicted molar refractivity (Wildman–Crippen MR) is 64.5 cm³/mol. The minimum Gasteiger partial charge on any atom is -0.394 e. The molecule has 2 N–H and O–H groups in total. The summed E-state index contributed by atoms with van der Waals surface area (Å²) in [5, 5.41) is 17.7. The molecule has 0 radical (unpaired) electrons. The predicted octanol–water partition coefficient (Wildman–Crippen LogP) is 1.67. The number of aliphatic hydroxyl groups is 2. The normalized spacial score (nSPS) is 12.5. The van der Waals surface area contributed by atoms with Crippen molar-refractivity contribution in [2.75, 3.05) is 6.61 Å². The van der Waals surface area contributed by atoms with Gasteiger partial charge in [-0.05, 0) is 25.0 Å². The summed E-state index contributed by atoms with van der Waals surface area (Å²) in [6.45, 7) is 3.52. The lowest BCUT2D eigenvalue weighted by Gasteiger charge is -2.09. The number of benzene rings is 1. The summed E-state index contributed by atoms with van der Waals surface area (Å²) in [5.41, 5.74) is 2.11. The molecule has 0 aliphatic heterocycles. The molecule has 1 rings (SSSR count). The Labute approximate surface area is 99.5 Å². The second-order valence-electron chi connectivity index (χ2n) is 3.74. The second-order valence-corrected chi connectivity index (χ2v) is 4.80. The Kier molecular flexibility index (Phi) is 4.99. The molecule has 1 aromatic carbocycles. The van der Waals surface area contributed by atoms with Gasteiger partial charge in [-0.2, -0.15) is 0 Å². The van der Waals surface area contributed by atoms with Gasteiger partial charge in [-0.15, -0.1) is 0 Å². The van der Waals surface area contributed by atoms with Crippen LogP contribution in [0.3, 0.4) is 0 Å². The monoisotopic (exact) mass is 240 g/mol. The Bertz CT molecular complexity index is 356. The number of aliphatic hydroxyl groups excluding tert-OH is 2. The molecule has 4 heteroatoms. The molecule has 0 heterocycles. The lowest BCUT2D eigenvalue weighted by molar-refractivity contribution is -0.113. The largest absolute Gasteiger partial charge is 0.394 e. The highest BCUT2D eigenvalue weighted by Crippen LogP contribution is 2.27. The fourth-order valence-electron chi connectivity index (χ4n) is 1.37. The van der Waals surface area contributed by atoms with E-state index in [1.807, 2.05) is 32.0 Å². The molecule has 88 valence electrons. The molecule has 1 atom stereocenters. The van der Waals surface area contributed by atoms with Crippen molar-refractivity contribution in [3.05, 3.63) is 29.3 Å². The van der Waals surface area contributed by atoms with Gasteiger partial charge in [-0.25, -0.2) is 0 Å². The summed E-state index contributed by atoms with van der Waals surface area (Å²) < 4.78 is 0. The van der Waals surface area contributed by atoms with Crippen LogP contribution in [0.1, 0.15) is 17.5 Å². The zero-order valence-electron chi connectivity index (χ0n) is 9.43. The van der Waals surface area contributed by atoms with Gasteiger partial charge in [-0.3, -0.25) is 4.79 Å². The number of carbonyl (C=O) groups is 1. The molecule has 16 heavy (non-hydrogen) atoms. The topological polar surface area (TPSA) is 57.5 Å². The standard InChI is InChI=1S/C12H16O3S/c1-8-4-3-5-9(2)12(8)16-11(15)6-10(14)7-13/h3-5,10,13-14H,6-7H2,1-2H3/t10-/m1/s1. The lowest BCUT2D eigenvalue weighted by Crippen LogP contribution is -2.15. The minimum absolute atomic E-state index is 0.0189. The SMILES string of the molecule is Cc1cccc(C)c1SC(=O)C[C@@H](O)CO. The fraction of sp³-hybridized carbons (Fsp3) is 0.417. The van der Waals surface area contributed by atoms with Crippen molar-refractivity contribution in [2.24, 2.45) is 0 Å². The van der Waals surface area contributed by atoms with Gasteiger partial charge in [0.2, 0.25) is 0 Å². The van der Waals surface area contributed by atoms with Crippen LogP contribution in [0.15, 0.2) is 23.1 Å². The van der Waals surface area contributed by atoms with Crippen molar-refractivity contribution in [1.29, 1.82) is 0 Å². The smallest absolute Gasteiger partial charge is 0.196 e. The maximum Gasteiger partial charge on any atom is 0.196 e. The number of hydrogen-bond acceptors (Lipinski definition) is 4. The van der Waals surface area contributed by atoms with Crippen LogP contribution in [-0.2, 0) is 4.79 Å². The van der Waals surface area contributed by atoms with Crippen LogP contribution in [0.5, 0.6) is 0 Å². The van der Waals surface area contributed by atoms with E-state index in [2.05, 4.69) is 0 Å². The first-order valence-corrected chi connectivity index (χ1v) is 5.92. The van der Waals surface area contributed by atoms with Gasteiger partial charge < -0.3 is 10.2 Å². The van der Waals surface area contributed by atoms with Crippen LogP contribution in [0.2, 0.25) is 0 Å². The van der Waals surface area contributed by atoms with Crippen LogP contribution >= 0.6 is 11.8 Å². The van der Waals surface area contributed by atoms with Crippen molar-refractivity contribution in [3.8, 4) is 0 Å². The maximum absolute atomic E-state index is 11.6. The molecule has 3 nitrogen and oxygen atoms in total. The Hall–Kier alpha value is -0.840. The van der Waals surface area contributed by atoms with Gasteiger partial charge in [0.05, 0.1) is 12.7 Å². The third kappa shape index (κ3) is 3.63. The zero-order chi connectivity index (χ0) is 12.1. The van der Waals surface area contributed by atoms with E-state index < -0.39 is 6.10 Å². The minimum atomic E-state index is -0.954. The van der Waals surface area contributed by atoms with E-state index in [1.165, 1.54) is 0 Å². The first-order valence-electron chi connectivity index (χ1n) is 5.10. The molecule has 0 amide bonds. The van der Waals surface area contributed by atoms with E-state index in [0.29, 0.717) is 0 Å². The zero-order valence-corrected chi connectivity index (χ0v) is 10.3. The summed E-state index contributed by atoms with van der Waals surface area (Å²) in [4.78, 5) is 12.5. The highest BCUT2D eigenvalue weighted by molar-refractivity contribution is 8.13. The second kappa shape index (κ2) is 6.03. The maximum atomic E-state index is 11.6. The van der Waals surface area contributed by atoms with Gasteiger partial charge in [0, 0.05) is 11.3 Å². The third-order valence-electron chi connectivity index (χ3n) is 2.24. The molecular weight excluding hydrogens is 224 g/mol. The first-order chi connectivity index (χ1) is 7.54. The summed E-state index contributed by atoms with van der Waals surface area (Å²) in [5.74, 6) is 0. The number of thioether (sulfide) groups is 1. The molecule has 1 aromatic rings. The average molecular weight is 240 g/mol. The summed E-state index contributed by atoms with van der Waals surface area (Å²) >= 11 is 1.13. The average Bonchev–Trinajstić information content (AvgIpc) is 2.23. The van der Waals surface area contributed by atoms with Gasteiger partial charge in [0.15, 0.2) is 5.12 Å². The van der Waals surface area contributed by atoms with Gasteiger partial charge in [0.1, 0.15) is 0 Å². The van der Waals surface area contributed by atoms with Crippen molar-refractivity contribution >= 4 is 16.9 Å². The highest BCUT2D eigenvalue weighted by atomic mass is 32.2. The summed E-state index contributed by atoms with van der Waals surface area (Å²) in [7, 11) is 0. The molecular formula is C12H16O3S. The molecule has 0 fully saturated rings. The van der Waals surface area contributed by atoms with Gasteiger partial charge in [-0.1, -0.05) is 30.0 Å². The molecule has 0 saturated carbocycles. The molecule has 0 unspecified atom stereocenters. The Balaban J connectivity index is 2.70.